The molecule has 2 aromatic carbocycles. The van der Waals surface area contributed by atoms with Crippen LogP contribution in [0, 0.1) is 0 Å². The molecule has 2 aromatic rings. The maximum atomic E-state index is 6.12. The van der Waals surface area contributed by atoms with Crippen molar-refractivity contribution in [3.8, 4) is 5.75 Å². The maximum Gasteiger partial charge on any atom is 0.193 e. The molecule has 140 valence electrons. The second-order valence-corrected chi connectivity index (χ2v) is 6.36. The van der Waals surface area contributed by atoms with Crippen molar-refractivity contribution in [1.29, 1.82) is 0 Å². The summed E-state index contributed by atoms with van der Waals surface area (Å²) in [6, 6.07) is 13.8. The molecule has 0 saturated carbocycles. The third-order valence-electron chi connectivity index (χ3n) is 4.15. The summed E-state index contributed by atoms with van der Waals surface area (Å²) in [5.74, 6) is 0.970. The van der Waals surface area contributed by atoms with Gasteiger partial charge < -0.3 is 15.8 Å². The van der Waals surface area contributed by atoms with Gasteiger partial charge in [-0.3, -0.25) is 4.90 Å². The first-order valence-electron chi connectivity index (χ1n) is 8.76. The number of halogens is 1. The SMILES string of the molecule is CCN(CC)Cc1cccc(CN=C(N)Nc2ccc(OC)c(Cl)c2)c1. The van der Waals surface area contributed by atoms with Gasteiger partial charge in [-0.1, -0.05) is 49.7 Å². The number of hydrogen-bond acceptors (Lipinski definition) is 3. The number of ether oxygens (including phenoxy) is 1. The molecule has 0 aliphatic rings. The molecule has 5 nitrogen and oxygen atoms in total. The van der Waals surface area contributed by atoms with E-state index in [9.17, 15) is 0 Å². The van der Waals surface area contributed by atoms with Crippen molar-refractivity contribution in [3.63, 3.8) is 0 Å². The van der Waals surface area contributed by atoms with Gasteiger partial charge in [-0.25, -0.2) is 4.99 Å². The highest BCUT2D eigenvalue weighted by atomic mass is 35.5. The maximum absolute atomic E-state index is 6.12. The first-order valence-corrected chi connectivity index (χ1v) is 9.14. The lowest BCUT2D eigenvalue weighted by Crippen LogP contribution is -2.23. The zero-order valence-corrected chi connectivity index (χ0v) is 16.4. The van der Waals surface area contributed by atoms with Crippen LogP contribution in [-0.2, 0) is 13.1 Å². The van der Waals surface area contributed by atoms with Crippen LogP contribution in [0.5, 0.6) is 5.75 Å². The quantitative estimate of drug-likeness (QED) is 0.539. The molecule has 0 bridgehead atoms. The van der Waals surface area contributed by atoms with Gasteiger partial charge in [0.05, 0.1) is 18.7 Å². The number of rotatable bonds is 8. The molecule has 26 heavy (non-hydrogen) atoms. The van der Waals surface area contributed by atoms with E-state index in [4.69, 9.17) is 22.1 Å². The second kappa shape index (κ2) is 10.0. The van der Waals surface area contributed by atoms with Gasteiger partial charge in [0.2, 0.25) is 0 Å². The lowest BCUT2D eigenvalue weighted by Gasteiger charge is -2.18. The Balaban J connectivity index is 1.99. The standard InChI is InChI=1S/C20H27ClN4O/c1-4-25(5-2)14-16-8-6-7-15(11-16)13-23-20(22)24-17-9-10-19(26-3)18(21)12-17/h6-12H,4-5,13-14H2,1-3H3,(H3,22,23,24). The topological polar surface area (TPSA) is 62.9 Å². The Morgan fingerprint density at radius 2 is 1.88 bits per heavy atom. The monoisotopic (exact) mass is 374 g/mol. The Morgan fingerprint density at radius 3 is 2.54 bits per heavy atom. The molecule has 6 heteroatoms. The fraction of sp³-hybridized carbons (Fsp3) is 0.350. The summed E-state index contributed by atoms with van der Waals surface area (Å²) >= 11 is 6.12. The lowest BCUT2D eigenvalue weighted by atomic mass is 10.1. The van der Waals surface area contributed by atoms with E-state index in [-0.39, 0.29) is 0 Å². The number of aliphatic imine (C=N–C) groups is 1. The van der Waals surface area contributed by atoms with Crippen LogP contribution in [-0.4, -0.2) is 31.1 Å². The number of benzene rings is 2. The van der Waals surface area contributed by atoms with Crippen LogP contribution in [0.4, 0.5) is 5.69 Å². The number of guanidine groups is 1. The van der Waals surface area contributed by atoms with Gasteiger partial charge in [-0.15, -0.1) is 0 Å². The predicted octanol–water partition coefficient (Wildman–Crippen LogP) is 4.12. The summed E-state index contributed by atoms with van der Waals surface area (Å²) in [7, 11) is 1.58. The molecule has 0 aliphatic heterocycles. The summed E-state index contributed by atoms with van der Waals surface area (Å²) < 4.78 is 5.14. The van der Waals surface area contributed by atoms with Crippen molar-refractivity contribution >= 4 is 23.2 Å². The summed E-state index contributed by atoms with van der Waals surface area (Å²) in [5, 5.41) is 3.57. The van der Waals surface area contributed by atoms with Crippen molar-refractivity contribution in [3.05, 3.63) is 58.6 Å². The highest BCUT2D eigenvalue weighted by Crippen LogP contribution is 2.27. The normalized spacial score (nSPS) is 11.7. The Hall–Kier alpha value is -2.24. The van der Waals surface area contributed by atoms with E-state index in [1.54, 1.807) is 19.2 Å². The number of nitrogens with one attached hydrogen (secondary N) is 1. The van der Waals surface area contributed by atoms with Gasteiger partial charge in [-0.2, -0.15) is 0 Å². The van der Waals surface area contributed by atoms with Crippen molar-refractivity contribution in [2.75, 3.05) is 25.5 Å². The largest absolute Gasteiger partial charge is 0.495 e. The average molecular weight is 375 g/mol. The molecule has 0 saturated heterocycles. The molecule has 0 fully saturated rings. The average Bonchev–Trinajstić information content (AvgIpc) is 2.65. The highest BCUT2D eigenvalue weighted by molar-refractivity contribution is 6.32. The number of nitrogens with two attached hydrogens (primary N) is 1. The number of nitrogens with zero attached hydrogens (tertiary/aromatic N) is 2. The molecule has 0 radical (unpaired) electrons. The second-order valence-electron chi connectivity index (χ2n) is 5.96. The van der Waals surface area contributed by atoms with E-state index in [1.165, 1.54) is 5.56 Å². The first-order chi connectivity index (χ1) is 12.5. The van der Waals surface area contributed by atoms with E-state index in [0.717, 1.165) is 30.9 Å². The number of hydrogen-bond donors (Lipinski definition) is 2. The molecule has 0 aliphatic carbocycles. The molecule has 0 heterocycles. The van der Waals surface area contributed by atoms with Gasteiger partial charge in [0.25, 0.3) is 0 Å². The molecule has 2 rings (SSSR count). The van der Waals surface area contributed by atoms with Crippen LogP contribution in [0.3, 0.4) is 0 Å². The highest BCUT2D eigenvalue weighted by Gasteiger charge is 2.04. The summed E-state index contributed by atoms with van der Waals surface area (Å²) in [4.78, 5) is 6.80. The van der Waals surface area contributed by atoms with Crippen LogP contribution < -0.4 is 15.8 Å². The van der Waals surface area contributed by atoms with E-state index < -0.39 is 0 Å². The van der Waals surface area contributed by atoms with Gasteiger partial charge in [-0.05, 0) is 42.4 Å². The molecule has 3 N–H and O–H groups in total. The van der Waals surface area contributed by atoms with Crippen LogP contribution >= 0.6 is 11.6 Å². The summed E-state index contributed by atoms with van der Waals surface area (Å²) in [6.45, 7) is 7.91. The van der Waals surface area contributed by atoms with E-state index in [2.05, 4.69) is 53.3 Å². The third-order valence-corrected chi connectivity index (χ3v) is 4.44. The van der Waals surface area contributed by atoms with Gasteiger partial charge in [0.15, 0.2) is 5.96 Å². The van der Waals surface area contributed by atoms with Gasteiger partial charge in [0, 0.05) is 12.2 Å². The van der Waals surface area contributed by atoms with Crippen molar-refractivity contribution in [2.24, 2.45) is 10.7 Å². The van der Waals surface area contributed by atoms with Crippen LogP contribution in [0.25, 0.3) is 0 Å². The van der Waals surface area contributed by atoms with Gasteiger partial charge >= 0.3 is 0 Å². The van der Waals surface area contributed by atoms with Crippen molar-refractivity contribution < 1.29 is 4.74 Å². The first kappa shape index (κ1) is 20.1. The minimum atomic E-state index is 0.348. The van der Waals surface area contributed by atoms with Crippen LogP contribution in [0.2, 0.25) is 5.02 Å². The Morgan fingerprint density at radius 1 is 1.15 bits per heavy atom. The molecule has 0 amide bonds. The minimum Gasteiger partial charge on any atom is -0.495 e. The third kappa shape index (κ3) is 5.93. The molecule has 0 unspecified atom stereocenters. The summed E-state index contributed by atoms with van der Waals surface area (Å²) in [6.07, 6.45) is 0. The van der Waals surface area contributed by atoms with E-state index >= 15 is 0 Å². The fourth-order valence-corrected chi connectivity index (χ4v) is 2.90. The molecular weight excluding hydrogens is 348 g/mol. The predicted molar refractivity (Wildman–Crippen MR) is 110 cm³/mol. The van der Waals surface area contributed by atoms with Crippen molar-refractivity contribution in [2.45, 2.75) is 26.9 Å². The van der Waals surface area contributed by atoms with Crippen LogP contribution in [0.1, 0.15) is 25.0 Å². The molecule has 0 aromatic heterocycles. The molecular formula is C20H27ClN4O. The summed E-state index contributed by atoms with van der Waals surface area (Å²) in [5.41, 5.74) is 9.18. The van der Waals surface area contributed by atoms with Crippen LogP contribution in [0.15, 0.2) is 47.5 Å². The fourth-order valence-electron chi connectivity index (χ4n) is 2.64. The number of methoxy groups -OCH3 is 1. The number of anilines is 1. The molecule has 0 spiro atoms. The van der Waals surface area contributed by atoms with Gasteiger partial charge in [0.1, 0.15) is 5.75 Å². The Bertz CT molecular complexity index is 744. The minimum absolute atomic E-state index is 0.348. The molecule has 0 atom stereocenters. The van der Waals surface area contributed by atoms with Crippen molar-refractivity contribution in [1.82, 2.24) is 4.90 Å². The smallest absolute Gasteiger partial charge is 0.193 e. The van der Waals surface area contributed by atoms with E-state index in [0.29, 0.717) is 23.3 Å². The zero-order valence-electron chi connectivity index (χ0n) is 15.6. The van der Waals surface area contributed by atoms with E-state index in [1.807, 2.05) is 6.07 Å². The lowest BCUT2D eigenvalue weighted by molar-refractivity contribution is 0.296. The Labute approximate surface area is 160 Å². The zero-order chi connectivity index (χ0) is 18.9. The Kier molecular flexibility index (Phi) is 7.75.